The van der Waals surface area contributed by atoms with Gasteiger partial charge in [-0.2, -0.15) is 0 Å². The first-order chi connectivity index (χ1) is 13.9. The molecule has 1 saturated heterocycles. The molecule has 6 heteroatoms. The Hall–Kier alpha value is -3.02. The summed E-state index contributed by atoms with van der Waals surface area (Å²) in [6, 6.07) is 17.6. The predicted octanol–water partition coefficient (Wildman–Crippen LogP) is 3.04. The van der Waals surface area contributed by atoms with Gasteiger partial charge >= 0.3 is 5.97 Å². The molecule has 0 aliphatic carbocycles. The predicted molar refractivity (Wildman–Crippen MR) is 112 cm³/mol. The number of aryl methyl sites for hydroxylation is 1. The molecule has 29 heavy (non-hydrogen) atoms. The molecule has 0 bridgehead atoms. The standard InChI is InChI=1S/C23H28N2O4/c1-17-8-7-11-21(16-17)28-19(3)23(27)29-18(2)22(26)25-14-12-24(13-15-25)20-9-5-4-6-10-20/h4-11,16,18-19H,12-15H2,1-3H3/t18-,19+/m0/s1. The van der Waals surface area contributed by atoms with E-state index in [0.717, 1.165) is 24.3 Å². The number of para-hydroxylation sites is 1. The molecule has 2 aromatic carbocycles. The van der Waals surface area contributed by atoms with Crippen LogP contribution in [0.4, 0.5) is 5.69 Å². The third-order valence-corrected chi connectivity index (χ3v) is 4.99. The second kappa shape index (κ2) is 9.45. The Balaban J connectivity index is 1.48. The summed E-state index contributed by atoms with van der Waals surface area (Å²) in [5.41, 5.74) is 2.20. The van der Waals surface area contributed by atoms with Crippen molar-refractivity contribution in [3.8, 4) is 5.75 Å². The van der Waals surface area contributed by atoms with E-state index in [2.05, 4.69) is 17.0 Å². The molecule has 1 aliphatic rings. The van der Waals surface area contributed by atoms with Gasteiger partial charge in [0.05, 0.1) is 0 Å². The van der Waals surface area contributed by atoms with Gasteiger partial charge < -0.3 is 19.3 Å². The van der Waals surface area contributed by atoms with Crippen LogP contribution < -0.4 is 9.64 Å². The lowest BCUT2D eigenvalue weighted by atomic mass is 10.2. The average Bonchev–Trinajstić information content (AvgIpc) is 2.74. The van der Waals surface area contributed by atoms with Gasteiger partial charge in [-0.25, -0.2) is 4.79 Å². The number of amides is 1. The van der Waals surface area contributed by atoms with Crippen molar-refractivity contribution in [1.29, 1.82) is 0 Å². The monoisotopic (exact) mass is 396 g/mol. The summed E-state index contributed by atoms with van der Waals surface area (Å²) >= 11 is 0. The Morgan fingerprint density at radius 2 is 1.59 bits per heavy atom. The summed E-state index contributed by atoms with van der Waals surface area (Å²) in [6.45, 7) is 7.90. The number of carbonyl (C=O) groups excluding carboxylic acids is 2. The van der Waals surface area contributed by atoms with Gasteiger partial charge in [0.1, 0.15) is 5.75 Å². The normalized spacial score (nSPS) is 16.1. The molecule has 6 nitrogen and oxygen atoms in total. The van der Waals surface area contributed by atoms with Crippen LogP contribution in [0.15, 0.2) is 54.6 Å². The van der Waals surface area contributed by atoms with Crippen LogP contribution in [0.3, 0.4) is 0 Å². The number of ether oxygens (including phenoxy) is 2. The molecular formula is C23H28N2O4. The molecule has 1 amide bonds. The third-order valence-electron chi connectivity index (χ3n) is 4.99. The Morgan fingerprint density at radius 1 is 0.897 bits per heavy atom. The highest BCUT2D eigenvalue weighted by Crippen LogP contribution is 2.17. The van der Waals surface area contributed by atoms with E-state index >= 15 is 0 Å². The van der Waals surface area contributed by atoms with Gasteiger partial charge in [0.2, 0.25) is 0 Å². The van der Waals surface area contributed by atoms with Crippen LogP contribution in [0.2, 0.25) is 0 Å². The first kappa shape index (κ1) is 20.7. The number of piperazine rings is 1. The van der Waals surface area contributed by atoms with Crippen LogP contribution in [0.1, 0.15) is 19.4 Å². The van der Waals surface area contributed by atoms with Crippen LogP contribution in [-0.2, 0) is 14.3 Å². The van der Waals surface area contributed by atoms with Crippen molar-refractivity contribution in [2.75, 3.05) is 31.1 Å². The zero-order valence-electron chi connectivity index (χ0n) is 17.2. The lowest BCUT2D eigenvalue weighted by Gasteiger charge is -2.37. The molecule has 1 fully saturated rings. The van der Waals surface area contributed by atoms with Crippen LogP contribution >= 0.6 is 0 Å². The fourth-order valence-corrected chi connectivity index (χ4v) is 3.34. The molecule has 1 heterocycles. The maximum atomic E-state index is 12.7. The van der Waals surface area contributed by atoms with Crippen LogP contribution in [0.25, 0.3) is 0 Å². The quantitative estimate of drug-likeness (QED) is 0.703. The van der Waals surface area contributed by atoms with Gasteiger partial charge in [0.25, 0.3) is 5.91 Å². The first-order valence-electron chi connectivity index (χ1n) is 9.96. The molecule has 0 radical (unpaired) electrons. The van der Waals surface area contributed by atoms with Crippen molar-refractivity contribution < 1.29 is 19.1 Å². The first-order valence-corrected chi connectivity index (χ1v) is 9.96. The van der Waals surface area contributed by atoms with Crippen LogP contribution in [0.5, 0.6) is 5.75 Å². The van der Waals surface area contributed by atoms with Gasteiger partial charge in [-0.05, 0) is 50.6 Å². The Kier molecular flexibility index (Phi) is 6.75. The van der Waals surface area contributed by atoms with E-state index in [1.165, 1.54) is 0 Å². The number of carbonyl (C=O) groups is 2. The Morgan fingerprint density at radius 3 is 2.24 bits per heavy atom. The number of esters is 1. The highest BCUT2D eigenvalue weighted by atomic mass is 16.6. The highest BCUT2D eigenvalue weighted by molar-refractivity contribution is 5.84. The third kappa shape index (κ3) is 5.50. The van der Waals surface area contributed by atoms with Crippen molar-refractivity contribution in [1.82, 2.24) is 4.90 Å². The van der Waals surface area contributed by atoms with Gasteiger partial charge in [-0.1, -0.05) is 30.3 Å². The van der Waals surface area contributed by atoms with Gasteiger partial charge in [0, 0.05) is 31.9 Å². The zero-order chi connectivity index (χ0) is 20.8. The minimum atomic E-state index is -0.839. The minimum absolute atomic E-state index is 0.172. The largest absolute Gasteiger partial charge is 0.479 e. The van der Waals surface area contributed by atoms with E-state index in [1.54, 1.807) is 24.8 Å². The van der Waals surface area contributed by atoms with Crippen LogP contribution in [-0.4, -0.2) is 55.2 Å². The van der Waals surface area contributed by atoms with Crippen molar-refractivity contribution in [3.63, 3.8) is 0 Å². The summed E-state index contributed by atoms with van der Waals surface area (Å²) < 4.78 is 11.0. The summed E-state index contributed by atoms with van der Waals surface area (Å²) in [5.74, 6) is -0.116. The van der Waals surface area contributed by atoms with E-state index < -0.39 is 18.2 Å². The SMILES string of the molecule is Cc1cccc(O[C@H](C)C(=O)O[C@@H](C)C(=O)N2CCN(c3ccccc3)CC2)c1. The molecular weight excluding hydrogens is 368 g/mol. The molecule has 0 N–H and O–H groups in total. The molecule has 2 atom stereocenters. The van der Waals surface area contributed by atoms with Gasteiger partial charge in [-0.15, -0.1) is 0 Å². The average molecular weight is 396 g/mol. The maximum Gasteiger partial charge on any atom is 0.347 e. The number of benzene rings is 2. The minimum Gasteiger partial charge on any atom is -0.479 e. The fourth-order valence-electron chi connectivity index (χ4n) is 3.34. The lowest BCUT2D eigenvalue weighted by Crippen LogP contribution is -2.52. The number of nitrogens with zero attached hydrogens (tertiary/aromatic N) is 2. The van der Waals surface area contributed by atoms with Crippen LogP contribution in [0, 0.1) is 6.92 Å². The number of rotatable bonds is 6. The highest BCUT2D eigenvalue weighted by Gasteiger charge is 2.29. The van der Waals surface area contributed by atoms with Crippen molar-refractivity contribution >= 4 is 17.6 Å². The van der Waals surface area contributed by atoms with Crippen molar-refractivity contribution in [3.05, 3.63) is 60.2 Å². The van der Waals surface area contributed by atoms with E-state index in [4.69, 9.17) is 9.47 Å². The smallest absolute Gasteiger partial charge is 0.347 e. The van der Waals surface area contributed by atoms with E-state index in [0.29, 0.717) is 18.8 Å². The summed E-state index contributed by atoms with van der Waals surface area (Å²) in [7, 11) is 0. The zero-order valence-corrected chi connectivity index (χ0v) is 17.2. The molecule has 0 aromatic heterocycles. The molecule has 3 rings (SSSR count). The Bertz CT molecular complexity index is 832. The topological polar surface area (TPSA) is 59.1 Å². The Labute approximate surface area is 172 Å². The molecule has 1 aliphatic heterocycles. The van der Waals surface area contributed by atoms with Gasteiger partial charge in [0.15, 0.2) is 12.2 Å². The summed E-state index contributed by atoms with van der Waals surface area (Å²) in [6.07, 6.45) is -1.63. The number of anilines is 1. The second-order valence-electron chi connectivity index (χ2n) is 7.30. The molecule has 0 unspecified atom stereocenters. The summed E-state index contributed by atoms with van der Waals surface area (Å²) in [4.78, 5) is 29.0. The van der Waals surface area contributed by atoms with E-state index in [9.17, 15) is 9.59 Å². The van der Waals surface area contributed by atoms with Crippen molar-refractivity contribution in [2.45, 2.75) is 33.0 Å². The van der Waals surface area contributed by atoms with E-state index in [-0.39, 0.29) is 5.91 Å². The van der Waals surface area contributed by atoms with E-state index in [1.807, 2.05) is 43.3 Å². The van der Waals surface area contributed by atoms with Crippen molar-refractivity contribution in [2.24, 2.45) is 0 Å². The number of hydrogen-bond donors (Lipinski definition) is 0. The second-order valence-corrected chi connectivity index (χ2v) is 7.30. The van der Waals surface area contributed by atoms with Gasteiger partial charge in [-0.3, -0.25) is 4.79 Å². The molecule has 0 saturated carbocycles. The fraction of sp³-hybridized carbons (Fsp3) is 0.391. The molecule has 0 spiro atoms. The lowest BCUT2D eigenvalue weighted by molar-refractivity contribution is -0.164. The maximum absolute atomic E-state index is 12.7. The molecule has 2 aromatic rings. The summed E-state index contributed by atoms with van der Waals surface area (Å²) in [5, 5.41) is 0. The number of hydrogen-bond acceptors (Lipinski definition) is 5. The molecule has 154 valence electrons.